The number of carbonyl (C=O) groups is 1. The van der Waals surface area contributed by atoms with Crippen molar-refractivity contribution >= 4 is 5.97 Å². The van der Waals surface area contributed by atoms with Gasteiger partial charge < -0.3 is 9.84 Å². The third-order valence-corrected chi connectivity index (χ3v) is 2.73. The molecule has 1 N–H and O–H groups in total. The van der Waals surface area contributed by atoms with Crippen LogP contribution >= 0.6 is 0 Å². The van der Waals surface area contributed by atoms with E-state index in [1.807, 2.05) is 13.1 Å². The smallest absolute Gasteiger partial charge is 0.336 e. The molecule has 0 atom stereocenters. The lowest BCUT2D eigenvalue weighted by Gasteiger charge is -2.06. The van der Waals surface area contributed by atoms with E-state index in [1.54, 1.807) is 23.0 Å². The van der Waals surface area contributed by atoms with Crippen molar-refractivity contribution in [3.05, 3.63) is 36.2 Å². The summed E-state index contributed by atoms with van der Waals surface area (Å²) in [5.41, 5.74) is 1.64. The van der Waals surface area contributed by atoms with Crippen LogP contribution in [0.4, 0.5) is 0 Å². The second-order valence-corrected chi connectivity index (χ2v) is 3.80. The molecule has 0 unspecified atom stereocenters. The Kier molecular flexibility index (Phi) is 3.32. The van der Waals surface area contributed by atoms with Crippen LogP contribution in [0.3, 0.4) is 0 Å². The highest BCUT2D eigenvalue weighted by molar-refractivity contribution is 5.96. The molecule has 1 heterocycles. The predicted molar refractivity (Wildman–Crippen MR) is 66.8 cm³/mol. The van der Waals surface area contributed by atoms with Crippen molar-refractivity contribution in [3.63, 3.8) is 0 Å². The van der Waals surface area contributed by atoms with E-state index in [0.717, 1.165) is 12.1 Å². The fraction of sp³-hybridized carbons (Fsp3) is 0.231. The van der Waals surface area contributed by atoms with E-state index in [2.05, 4.69) is 5.10 Å². The molecular weight excluding hydrogens is 232 g/mol. The predicted octanol–water partition coefficient (Wildman–Crippen LogP) is 2.28. The molecule has 0 saturated heterocycles. The average Bonchev–Trinajstić information content (AvgIpc) is 2.86. The summed E-state index contributed by atoms with van der Waals surface area (Å²) in [5, 5.41) is 13.4. The van der Waals surface area contributed by atoms with Crippen molar-refractivity contribution in [2.45, 2.75) is 13.5 Å². The maximum absolute atomic E-state index is 11.3. The number of aromatic nitrogens is 2. The van der Waals surface area contributed by atoms with E-state index in [4.69, 9.17) is 4.74 Å². The van der Waals surface area contributed by atoms with Crippen molar-refractivity contribution in [3.8, 4) is 16.9 Å². The third kappa shape index (κ3) is 2.20. The van der Waals surface area contributed by atoms with Crippen LogP contribution in [-0.4, -0.2) is 28.0 Å². The fourth-order valence-electron chi connectivity index (χ4n) is 1.75. The van der Waals surface area contributed by atoms with Gasteiger partial charge in [-0.15, -0.1) is 0 Å². The van der Waals surface area contributed by atoms with Gasteiger partial charge >= 0.3 is 5.97 Å². The van der Waals surface area contributed by atoms with Crippen molar-refractivity contribution < 1.29 is 14.6 Å². The number of nitrogens with zero attached hydrogens (tertiary/aromatic N) is 2. The number of ether oxygens (including phenoxy) is 1. The van der Waals surface area contributed by atoms with E-state index < -0.39 is 5.97 Å². The minimum absolute atomic E-state index is 0.213. The van der Waals surface area contributed by atoms with Crippen LogP contribution in [0.5, 0.6) is 5.75 Å². The molecule has 1 aromatic carbocycles. The van der Waals surface area contributed by atoms with Crippen LogP contribution in [0.1, 0.15) is 17.3 Å². The molecule has 0 amide bonds. The van der Waals surface area contributed by atoms with Gasteiger partial charge in [0.2, 0.25) is 0 Å². The monoisotopic (exact) mass is 246 g/mol. The first kappa shape index (κ1) is 12.2. The molecule has 1 aromatic heterocycles. The lowest BCUT2D eigenvalue weighted by molar-refractivity contribution is 0.0697. The van der Waals surface area contributed by atoms with Crippen molar-refractivity contribution in [2.24, 2.45) is 0 Å². The second kappa shape index (κ2) is 4.91. The van der Waals surface area contributed by atoms with Gasteiger partial charge in [-0.3, -0.25) is 4.68 Å². The van der Waals surface area contributed by atoms with Crippen molar-refractivity contribution in [1.82, 2.24) is 9.78 Å². The second-order valence-electron chi connectivity index (χ2n) is 3.80. The van der Waals surface area contributed by atoms with Crippen LogP contribution in [-0.2, 0) is 6.54 Å². The third-order valence-electron chi connectivity index (χ3n) is 2.73. The summed E-state index contributed by atoms with van der Waals surface area (Å²) >= 11 is 0. The zero-order chi connectivity index (χ0) is 13.1. The molecule has 0 aliphatic heterocycles. The molecule has 18 heavy (non-hydrogen) atoms. The number of carboxylic acids is 1. The van der Waals surface area contributed by atoms with Crippen LogP contribution in [0.25, 0.3) is 11.1 Å². The van der Waals surface area contributed by atoms with Gasteiger partial charge in [0.1, 0.15) is 5.75 Å². The molecule has 5 nitrogen and oxygen atoms in total. The van der Waals surface area contributed by atoms with Gasteiger partial charge in [0.15, 0.2) is 0 Å². The summed E-state index contributed by atoms with van der Waals surface area (Å²) in [4.78, 5) is 11.3. The van der Waals surface area contributed by atoms with Crippen LogP contribution < -0.4 is 4.74 Å². The molecule has 94 valence electrons. The van der Waals surface area contributed by atoms with Gasteiger partial charge in [0.05, 0.1) is 18.9 Å². The zero-order valence-corrected chi connectivity index (χ0v) is 10.3. The Hall–Kier alpha value is -2.30. The molecule has 5 heteroatoms. The van der Waals surface area contributed by atoms with E-state index in [0.29, 0.717) is 11.3 Å². The summed E-state index contributed by atoms with van der Waals surface area (Å²) < 4.78 is 6.79. The highest BCUT2D eigenvalue weighted by Gasteiger charge is 2.14. The Labute approximate surface area is 105 Å². The summed E-state index contributed by atoms with van der Waals surface area (Å²) in [6, 6.07) is 4.99. The largest absolute Gasteiger partial charge is 0.497 e. The van der Waals surface area contributed by atoms with Gasteiger partial charge in [-0.2, -0.15) is 5.10 Å². The average molecular weight is 246 g/mol. The van der Waals surface area contributed by atoms with Gasteiger partial charge in [-0.05, 0) is 30.7 Å². The van der Waals surface area contributed by atoms with Crippen molar-refractivity contribution in [2.75, 3.05) is 7.11 Å². The summed E-state index contributed by atoms with van der Waals surface area (Å²) in [5.74, 6) is -0.452. The molecular formula is C13H14N2O3. The number of methoxy groups -OCH3 is 1. The van der Waals surface area contributed by atoms with Gasteiger partial charge in [-0.1, -0.05) is 0 Å². The summed E-state index contributed by atoms with van der Waals surface area (Å²) in [6.07, 6.45) is 3.49. The molecule has 0 aliphatic rings. The number of hydrogen-bond acceptors (Lipinski definition) is 3. The number of hydrogen-bond donors (Lipinski definition) is 1. The van der Waals surface area contributed by atoms with E-state index in [1.165, 1.54) is 13.2 Å². The lowest BCUT2D eigenvalue weighted by atomic mass is 10.0. The highest BCUT2D eigenvalue weighted by atomic mass is 16.5. The quantitative estimate of drug-likeness (QED) is 0.898. The zero-order valence-electron chi connectivity index (χ0n) is 10.3. The Morgan fingerprint density at radius 1 is 1.50 bits per heavy atom. The number of aryl methyl sites for hydroxylation is 1. The van der Waals surface area contributed by atoms with Crippen molar-refractivity contribution in [1.29, 1.82) is 0 Å². The van der Waals surface area contributed by atoms with Crippen LogP contribution in [0.2, 0.25) is 0 Å². The first-order chi connectivity index (χ1) is 8.65. The molecule has 0 radical (unpaired) electrons. The number of rotatable bonds is 4. The van der Waals surface area contributed by atoms with E-state index in [-0.39, 0.29) is 5.56 Å². The van der Waals surface area contributed by atoms with Crippen LogP contribution in [0, 0.1) is 0 Å². The van der Waals surface area contributed by atoms with Crippen LogP contribution in [0.15, 0.2) is 30.6 Å². The van der Waals surface area contributed by atoms with Gasteiger partial charge in [0, 0.05) is 18.3 Å². The molecule has 2 aromatic rings. The molecule has 0 bridgehead atoms. The van der Waals surface area contributed by atoms with Gasteiger partial charge in [0.25, 0.3) is 0 Å². The Morgan fingerprint density at radius 2 is 2.28 bits per heavy atom. The minimum atomic E-state index is -0.979. The highest BCUT2D eigenvalue weighted by Crippen LogP contribution is 2.27. The standard InChI is InChI=1S/C13H14N2O3/c1-3-15-8-9(7-14-15)11-5-4-10(18-2)6-12(11)13(16)17/h4-8H,3H2,1-2H3,(H,16,17). The van der Waals surface area contributed by atoms with E-state index >= 15 is 0 Å². The molecule has 0 aliphatic carbocycles. The van der Waals surface area contributed by atoms with E-state index in [9.17, 15) is 9.90 Å². The minimum Gasteiger partial charge on any atom is -0.497 e. The first-order valence-corrected chi connectivity index (χ1v) is 5.60. The Bertz CT molecular complexity index is 575. The normalized spacial score (nSPS) is 10.3. The topological polar surface area (TPSA) is 64.3 Å². The number of carboxylic acid groups (broad SMARTS) is 1. The molecule has 0 fully saturated rings. The maximum atomic E-state index is 11.3. The Morgan fingerprint density at radius 3 is 2.83 bits per heavy atom. The summed E-state index contributed by atoms with van der Waals surface area (Å²) in [6.45, 7) is 2.72. The fourth-order valence-corrected chi connectivity index (χ4v) is 1.75. The SMILES string of the molecule is CCn1cc(-c2ccc(OC)cc2C(=O)O)cn1. The maximum Gasteiger partial charge on any atom is 0.336 e. The molecule has 0 spiro atoms. The van der Waals surface area contributed by atoms with Gasteiger partial charge in [-0.25, -0.2) is 4.79 Å². The molecule has 0 saturated carbocycles. The number of benzene rings is 1. The lowest BCUT2D eigenvalue weighted by Crippen LogP contribution is -2.00. The summed E-state index contributed by atoms with van der Waals surface area (Å²) in [7, 11) is 1.51. The number of aromatic carboxylic acids is 1. The first-order valence-electron chi connectivity index (χ1n) is 5.60. The Balaban J connectivity index is 2.52. The molecule has 2 rings (SSSR count).